The molecule has 0 spiro atoms. The molecule has 2 heterocycles. The van der Waals surface area contributed by atoms with E-state index < -0.39 is 102 Å². The number of hydrogen-bond donors (Lipinski definition) is 8. The minimum absolute atomic E-state index is 0.00659. The van der Waals surface area contributed by atoms with Gasteiger partial charge in [-0.2, -0.15) is 9.29 Å². The molecular weight excluding hydrogens is 1040 g/mol. The highest BCUT2D eigenvalue weighted by atomic mass is 31.3. The van der Waals surface area contributed by atoms with Crippen LogP contribution in [-0.2, 0) is 46.3 Å². The van der Waals surface area contributed by atoms with E-state index in [9.17, 15) is 58.8 Å². The average Bonchev–Trinajstić information content (AvgIpc) is 3.66. The molecule has 1 aromatic heterocycles. The van der Waals surface area contributed by atoms with Crippen LogP contribution < -0.4 is 11.4 Å². The van der Waals surface area contributed by atoms with Crippen molar-refractivity contribution in [3.8, 4) is 0 Å². The van der Waals surface area contributed by atoms with Crippen LogP contribution in [0.4, 0.5) is 5.82 Å². The summed E-state index contributed by atoms with van der Waals surface area (Å²) in [4.78, 5) is 61.9. The molecule has 0 radical (unpaired) electrons. The summed E-state index contributed by atoms with van der Waals surface area (Å²) in [6.45, 7) is 1.42. The first-order valence-electron chi connectivity index (χ1n) is 25.5. The van der Waals surface area contributed by atoms with Crippen molar-refractivity contribution in [2.75, 3.05) is 25.6 Å². The maximum Gasteiger partial charge on any atom is 0.481 e. The fourth-order valence-electron chi connectivity index (χ4n) is 6.56. The van der Waals surface area contributed by atoms with Crippen molar-refractivity contribution < 1.29 is 81.6 Å². The number of aromatic nitrogens is 2. The summed E-state index contributed by atoms with van der Waals surface area (Å²) in [5.41, 5.74) is 4.54. The first-order chi connectivity index (χ1) is 36.9. The number of nitrogens with two attached hydrogens (primary N) is 1. The van der Waals surface area contributed by atoms with Gasteiger partial charge in [-0.3, -0.25) is 23.2 Å². The van der Waals surface area contributed by atoms with Crippen LogP contribution in [0.3, 0.4) is 0 Å². The van der Waals surface area contributed by atoms with Crippen molar-refractivity contribution in [1.29, 1.82) is 0 Å². The summed E-state index contributed by atoms with van der Waals surface area (Å²) in [6, 6.07) is 1.22. The number of ether oxygens (including phenoxy) is 3. The Labute approximate surface area is 451 Å². The molecule has 1 aliphatic rings. The molecule has 428 valence electrons. The maximum absolute atomic E-state index is 12.9. The predicted octanol–water partition coefficient (Wildman–Crippen LogP) is 7.46. The molecule has 2 rings (SSSR count). The van der Waals surface area contributed by atoms with Gasteiger partial charge in [0.2, 0.25) is 0 Å². The summed E-state index contributed by atoms with van der Waals surface area (Å²) in [5, 5.41) is 51.6. The molecule has 0 bridgehead atoms. The second-order valence-electron chi connectivity index (χ2n) is 17.1. The SMILES string of the molecule is CC/C=C\C/C=C\C/C=C\C/C=C\C/C=C\C/C=C\CCC(=O)OC[C@H](COP(=O)(O)OP(=O)(O)OC[C@H]1O[C@@H](n2ccc(N)nc2=O)[C@H](O)[C@@H]1O)OC(=O)CCC[C@@H](O)[C@H](O)\C=C/C=C\C=C\C=C\[C@@H](O)C/C=C\CC. The second-order valence-corrected chi connectivity index (χ2v) is 20.2. The number of allylic oxidation sites excluding steroid dienone is 19. The van der Waals surface area contributed by atoms with E-state index in [1.807, 2.05) is 37.3 Å². The van der Waals surface area contributed by atoms with Crippen LogP contribution in [0.2, 0.25) is 0 Å². The molecule has 1 aliphatic heterocycles. The Kier molecular flexibility index (Phi) is 35.3. The number of aliphatic hydroxyl groups is 5. The van der Waals surface area contributed by atoms with Gasteiger partial charge in [0.25, 0.3) is 0 Å². The molecule has 23 heteroatoms. The van der Waals surface area contributed by atoms with Gasteiger partial charge in [-0.25, -0.2) is 13.9 Å². The number of esters is 2. The van der Waals surface area contributed by atoms with Gasteiger partial charge in [-0.15, -0.1) is 0 Å². The number of phosphoric acid groups is 2. The van der Waals surface area contributed by atoms with Crippen LogP contribution in [-0.4, -0.2) is 119 Å². The molecule has 0 aromatic carbocycles. The third kappa shape index (κ3) is 32.3. The molecular formula is C54H79N3O18P2. The van der Waals surface area contributed by atoms with E-state index in [1.54, 1.807) is 42.5 Å². The van der Waals surface area contributed by atoms with Crippen molar-refractivity contribution in [2.24, 2.45) is 0 Å². The number of nitrogen functional groups attached to an aromatic ring is 1. The number of anilines is 1. The molecule has 1 fully saturated rings. The van der Waals surface area contributed by atoms with Crippen molar-refractivity contribution in [3.05, 3.63) is 156 Å². The maximum atomic E-state index is 12.9. The Morgan fingerprint density at radius 2 is 1.27 bits per heavy atom. The van der Waals surface area contributed by atoms with E-state index in [-0.39, 0.29) is 31.5 Å². The fraction of sp³-hybridized carbons (Fsp3) is 0.481. The third-order valence-electron chi connectivity index (χ3n) is 10.6. The first kappa shape index (κ1) is 67.9. The highest BCUT2D eigenvalue weighted by molar-refractivity contribution is 7.61. The van der Waals surface area contributed by atoms with E-state index >= 15 is 0 Å². The minimum Gasteiger partial charge on any atom is -0.462 e. The van der Waals surface area contributed by atoms with Gasteiger partial charge >= 0.3 is 33.3 Å². The fourth-order valence-corrected chi connectivity index (χ4v) is 8.67. The summed E-state index contributed by atoms with van der Waals surface area (Å²) < 4.78 is 56.4. The van der Waals surface area contributed by atoms with E-state index in [4.69, 9.17) is 29.0 Å². The smallest absolute Gasteiger partial charge is 0.462 e. The van der Waals surface area contributed by atoms with Gasteiger partial charge in [0.1, 0.15) is 30.7 Å². The van der Waals surface area contributed by atoms with Crippen molar-refractivity contribution in [3.63, 3.8) is 0 Å². The van der Waals surface area contributed by atoms with Crippen LogP contribution >= 0.6 is 15.6 Å². The number of nitrogens with zero attached hydrogens (tertiary/aromatic N) is 2. The topological polar surface area (TPSA) is 326 Å². The predicted molar refractivity (Wildman–Crippen MR) is 292 cm³/mol. The van der Waals surface area contributed by atoms with Crippen LogP contribution in [0.15, 0.2) is 151 Å². The molecule has 21 nitrogen and oxygen atoms in total. The zero-order chi connectivity index (χ0) is 56.7. The Balaban J connectivity index is 1.93. The highest BCUT2D eigenvalue weighted by Crippen LogP contribution is 2.60. The standard InChI is InChI=1S/C54H79N3O18P2/c1-3-5-7-8-9-10-11-12-13-14-15-16-17-18-19-20-21-26-30-36-49(61)70-40-44(73-50(62)37-31-35-46(60)45(59)34-29-25-23-22-24-28-33-43(58)32-27-6-4-2)41-71-76(66,67)75-77(68,69)72-42-47-51(63)52(64)53(74-47)57-39-38-48(55)56-54(57)65/h5-7,9-10,12-13,15-16,18-19,21-29,33-34,38-39,43-47,51-53,58-60,63-64H,3-4,8,11,14,17,20,30-32,35-37,40-42H2,1-2H3,(H,66,67)(H,68,69)(H2,55,56,65)/b7-5-,10-9-,13-12-,16-15-,19-18-,24-22+,25-23-,26-21-,27-6-,33-28+,34-29-/t43-,44+,45+,46+,47+,51+,52+,53+/m0/s1. The molecule has 1 aromatic rings. The quantitative estimate of drug-likeness (QED) is 0.0137. The van der Waals surface area contributed by atoms with Gasteiger partial charge in [0, 0.05) is 19.0 Å². The number of carbonyl (C=O) groups excluding carboxylic acids is 2. The van der Waals surface area contributed by atoms with Gasteiger partial charge in [0.15, 0.2) is 12.3 Å². The van der Waals surface area contributed by atoms with Crippen molar-refractivity contribution in [2.45, 2.75) is 146 Å². The average molecular weight is 1120 g/mol. The minimum atomic E-state index is -5.54. The van der Waals surface area contributed by atoms with Crippen LogP contribution in [0.1, 0.15) is 104 Å². The monoisotopic (exact) mass is 1120 g/mol. The lowest BCUT2D eigenvalue weighted by Gasteiger charge is -2.21. The van der Waals surface area contributed by atoms with Crippen LogP contribution in [0.5, 0.6) is 0 Å². The number of carbonyl (C=O) groups is 2. The first-order valence-corrected chi connectivity index (χ1v) is 28.5. The number of hydrogen-bond acceptors (Lipinski definition) is 18. The van der Waals surface area contributed by atoms with E-state index in [0.717, 1.165) is 49.3 Å². The van der Waals surface area contributed by atoms with Gasteiger partial charge in [-0.05, 0) is 76.7 Å². The van der Waals surface area contributed by atoms with Crippen molar-refractivity contribution in [1.82, 2.24) is 9.55 Å². The van der Waals surface area contributed by atoms with E-state index in [0.29, 0.717) is 19.3 Å². The Morgan fingerprint density at radius 1 is 0.727 bits per heavy atom. The zero-order valence-corrected chi connectivity index (χ0v) is 45.6. The van der Waals surface area contributed by atoms with E-state index in [2.05, 4.69) is 64.8 Å². The third-order valence-corrected chi connectivity index (χ3v) is 13.2. The van der Waals surface area contributed by atoms with Gasteiger partial charge < -0.3 is 55.3 Å². The molecule has 10 atom stereocenters. The highest BCUT2D eigenvalue weighted by Gasteiger charge is 2.46. The lowest BCUT2D eigenvalue weighted by Crippen LogP contribution is -2.36. The van der Waals surface area contributed by atoms with Crippen molar-refractivity contribution >= 4 is 33.4 Å². The Morgan fingerprint density at radius 3 is 1.87 bits per heavy atom. The molecule has 2 unspecified atom stereocenters. The normalized spacial score (nSPS) is 20.9. The van der Waals surface area contributed by atoms with Gasteiger partial charge in [0.05, 0.1) is 31.5 Å². The Hall–Kier alpha value is -5.22. The summed E-state index contributed by atoms with van der Waals surface area (Å²) >= 11 is 0. The molecule has 77 heavy (non-hydrogen) atoms. The largest absolute Gasteiger partial charge is 0.481 e. The van der Waals surface area contributed by atoms with Gasteiger partial charge in [-0.1, -0.05) is 148 Å². The summed E-state index contributed by atoms with van der Waals surface area (Å²) in [5.74, 6) is -1.77. The zero-order valence-electron chi connectivity index (χ0n) is 43.8. The van der Waals surface area contributed by atoms with Crippen LogP contribution in [0, 0.1) is 0 Å². The van der Waals surface area contributed by atoms with E-state index in [1.165, 1.54) is 18.2 Å². The summed E-state index contributed by atoms with van der Waals surface area (Å²) in [7, 11) is -11.1. The lowest BCUT2D eigenvalue weighted by atomic mass is 10.1. The molecule has 0 amide bonds. The molecule has 0 saturated carbocycles. The lowest BCUT2D eigenvalue weighted by molar-refractivity contribution is -0.161. The van der Waals surface area contributed by atoms with Crippen LogP contribution in [0.25, 0.3) is 0 Å². The second kappa shape index (κ2) is 40.0. The summed E-state index contributed by atoms with van der Waals surface area (Å²) in [6.07, 6.45) is 37.6. The number of rotatable bonds is 39. The number of aliphatic hydroxyl groups excluding tert-OH is 5. The molecule has 1 saturated heterocycles. The molecule has 9 N–H and O–H groups in total. The Bertz CT molecular complexity index is 2370. The molecule has 0 aliphatic carbocycles. The number of phosphoric ester groups is 2.